The Bertz CT molecular complexity index is 1010. The first-order chi connectivity index (χ1) is 12.5. The zero-order valence-electron chi connectivity index (χ0n) is 13.8. The number of esters is 1. The molecule has 1 aromatic heterocycles. The van der Waals surface area contributed by atoms with Crippen LogP contribution < -0.4 is 10.4 Å². The monoisotopic (exact) mass is 374 g/mol. The first-order valence-corrected chi connectivity index (χ1v) is 8.08. The number of fused-ring (bicyclic) bond motifs is 1. The van der Waals surface area contributed by atoms with Crippen LogP contribution in [0, 0.1) is 0 Å². The van der Waals surface area contributed by atoms with Gasteiger partial charge in [-0.25, -0.2) is 4.79 Å². The second-order valence-electron chi connectivity index (χ2n) is 5.57. The second-order valence-corrected chi connectivity index (χ2v) is 6.01. The van der Waals surface area contributed by atoms with Crippen LogP contribution in [-0.4, -0.2) is 18.2 Å². The van der Waals surface area contributed by atoms with Gasteiger partial charge in [0.1, 0.15) is 12.2 Å². The van der Waals surface area contributed by atoms with E-state index in [4.69, 9.17) is 25.5 Å². The lowest BCUT2D eigenvalue weighted by Gasteiger charge is -2.09. The van der Waals surface area contributed by atoms with Crippen molar-refractivity contribution in [2.75, 3.05) is 7.11 Å². The third-order valence-electron chi connectivity index (χ3n) is 3.78. The molecule has 0 atom stereocenters. The van der Waals surface area contributed by atoms with Crippen LogP contribution in [-0.2, 0) is 22.6 Å². The summed E-state index contributed by atoms with van der Waals surface area (Å²) in [7, 11) is 1.41. The van der Waals surface area contributed by atoms with E-state index < -0.39 is 11.6 Å². The summed E-state index contributed by atoms with van der Waals surface area (Å²) in [5.41, 5.74) is 0.799. The largest absolute Gasteiger partial charge is 0.504 e. The molecule has 0 spiro atoms. The van der Waals surface area contributed by atoms with Crippen LogP contribution in [0.3, 0.4) is 0 Å². The maximum atomic E-state index is 12.0. The van der Waals surface area contributed by atoms with Crippen molar-refractivity contribution >= 4 is 28.5 Å². The maximum absolute atomic E-state index is 12.0. The summed E-state index contributed by atoms with van der Waals surface area (Å²) in [5, 5.41) is 10.9. The van der Waals surface area contributed by atoms with E-state index in [0.717, 1.165) is 5.56 Å². The molecular weight excluding hydrogens is 360 g/mol. The van der Waals surface area contributed by atoms with Crippen molar-refractivity contribution in [2.24, 2.45) is 0 Å². The number of phenolic OH excluding ortho intramolecular Hbond substituents is 1. The Labute approximate surface area is 153 Å². The van der Waals surface area contributed by atoms with Crippen LogP contribution >= 0.6 is 11.6 Å². The number of carbonyl (C=O) groups excluding carboxylic acids is 1. The zero-order chi connectivity index (χ0) is 18.7. The molecule has 0 saturated carbocycles. The quantitative estimate of drug-likeness (QED) is 0.543. The first kappa shape index (κ1) is 17.8. The number of phenols is 1. The summed E-state index contributed by atoms with van der Waals surface area (Å²) in [6.07, 6.45) is 0.0840. The predicted molar refractivity (Wildman–Crippen MR) is 95.7 cm³/mol. The van der Waals surface area contributed by atoms with Gasteiger partial charge in [0.25, 0.3) is 0 Å². The van der Waals surface area contributed by atoms with E-state index in [9.17, 15) is 14.7 Å². The molecule has 0 radical (unpaired) electrons. The van der Waals surface area contributed by atoms with Gasteiger partial charge in [-0.3, -0.25) is 4.79 Å². The molecule has 1 heterocycles. The van der Waals surface area contributed by atoms with Gasteiger partial charge in [0.05, 0.1) is 13.5 Å². The van der Waals surface area contributed by atoms with Gasteiger partial charge in [0.15, 0.2) is 11.5 Å². The molecule has 26 heavy (non-hydrogen) atoms. The lowest BCUT2D eigenvalue weighted by Crippen LogP contribution is -2.10. The number of rotatable bonds is 5. The normalized spacial score (nSPS) is 10.7. The van der Waals surface area contributed by atoms with Gasteiger partial charge in [-0.2, -0.15) is 0 Å². The molecule has 0 aliphatic heterocycles. The SMILES string of the molecule is COc1cc2c(COC(=O)Cc3ccc(Cl)cc3)cc(=O)oc2cc1O. The summed E-state index contributed by atoms with van der Waals surface area (Å²) in [5.74, 6) is -0.375. The second kappa shape index (κ2) is 7.49. The van der Waals surface area contributed by atoms with Gasteiger partial charge in [0, 0.05) is 28.1 Å². The average molecular weight is 375 g/mol. The highest BCUT2D eigenvalue weighted by atomic mass is 35.5. The number of halogens is 1. The van der Waals surface area contributed by atoms with Crippen molar-refractivity contribution in [3.63, 3.8) is 0 Å². The van der Waals surface area contributed by atoms with E-state index in [1.807, 2.05) is 0 Å². The fraction of sp³-hybridized carbons (Fsp3) is 0.158. The van der Waals surface area contributed by atoms with Crippen LogP contribution in [0.4, 0.5) is 0 Å². The average Bonchev–Trinajstić information content (AvgIpc) is 2.61. The van der Waals surface area contributed by atoms with E-state index >= 15 is 0 Å². The third-order valence-corrected chi connectivity index (χ3v) is 4.03. The van der Waals surface area contributed by atoms with Crippen molar-refractivity contribution in [1.29, 1.82) is 0 Å². The fourth-order valence-corrected chi connectivity index (χ4v) is 2.63. The van der Waals surface area contributed by atoms with Crippen molar-refractivity contribution < 1.29 is 23.8 Å². The van der Waals surface area contributed by atoms with Crippen LogP contribution in [0.25, 0.3) is 11.0 Å². The van der Waals surface area contributed by atoms with Crippen LogP contribution in [0.5, 0.6) is 11.5 Å². The smallest absolute Gasteiger partial charge is 0.336 e. The third kappa shape index (κ3) is 3.97. The minimum Gasteiger partial charge on any atom is -0.504 e. The molecule has 0 aliphatic rings. The highest BCUT2D eigenvalue weighted by Gasteiger charge is 2.13. The minimum absolute atomic E-state index is 0.0840. The first-order valence-electron chi connectivity index (χ1n) is 7.70. The Hall–Kier alpha value is -2.99. The van der Waals surface area contributed by atoms with Gasteiger partial charge in [0.2, 0.25) is 0 Å². The summed E-state index contributed by atoms with van der Waals surface area (Å²) in [6, 6.07) is 10.9. The number of hydrogen-bond acceptors (Lipinski definition) is 6. The van der Waals surface area contributed by atoms with E-state index in [1.54, 1.807) is 24.3 Å². The summed E-state index contributed by atoms with van der Waals surface area (Å²) in [6.45, 7) is -0.109. The molecule has 6 nitrogen and oxygen atoms in total. The van der Waals surface area contributed by atoms with Crippen LogP contribution in [0.1, 0.15) is 11.1 Å². The Morgan fingerprint density at radius 1 is 1.19 bits per heavy atom. The number of benzene rings is 2. The molecule has 2 aromatic carbocycles. The Morgan fingerprint density at radius 3 is 2.62 bits per heavy atom. The maximum Gasteiger partial charge on any atom is 0.336 e. The minimum atomic E-state index is -0.606. The predicted octanol–water partition coefficient (Wildman–Crippen LogP) is 3.45. The summed E-state index contributed by atoms with van der Waals surface area (Å²) >= 11 is 5.81. The number of aromatic hydroxyl groups is 1. The molecule has 7 heteroatoms. The van der Waals surface area contributed by atoms with Crippen molar-refractivity contribution in [1.82, 2.24) is 0 Å². The van der Waals surface area contributed by atoms with Crippen molar-refractivity contribution in [3.8, 4) is 11.5 Å². The molecule has 0 unspecified atom stereocenters. The van der Waals surface area contributed by atoms with Gasteiger partial charge >= 0.3 is 11.6 Å². The van der Waals surface area contributed by atoms with Crippen LogP contribution in [0.2, 0.25) is 5.02 Å². The Kier molecular flexibility index (Phi) is 5.14. The van der Waals surface area contributed by atoms with E-state index in [0.29, 0.717) is 16.0 Å². The Morgan fingerprint density at radius 2 is 1.92 bits per heavy atom. The molecule has 3 aromatic rings. The number of ether oxygens (including phenoxy) is 2. The summed E-state index contributed by atoms with van der Waals surface area (Å²) < 4.78 is 15.4. The van der Waals surface area contributed by atoms with Crippen molar-refractivity contribution in [3.05, 3.63) is 69.0 Å². The van der Waals surface area contributed by atoms with Crippen molar-refractivity contribution in [2.45, 2.75) is 13.0 Å². The van der Waals surface area contributed by atoms with Gasteiger partial charge in [-0.05, 0) is 23.8 Å². The Balaban J connectivity index is 1.80. The molecule has 0 fully saturated rings. The molecule has 134 valence electrons. The fourth-order valence-electron chi connectivity index (χ4n) is 2.50. The molecule has 3 rings (SSSR count). The molecule has 0 amide bonds. The van der Waals surface area contributed by atoms with Gasteiger partial charge in [-0.15, -0.1) is 0 Å². The standard InChI is InChI=1S/C19H15ClO6/c1-24-17-8-14-12(7-19(23)26-16(14)9-15(17)21)10-25-18(22)6-11-2-4-13(20)5-3-11/h2-5,7-9,21H,6,10H2,1H3. The highest BCUT2D eigenvalue weighted by molar-refractivity contribution is 6.30. The number of methoxy groups -OCH3 is 1. The molecular formula is C19H15ClO6. The number of carbonyl (C=O) groups is 1. The highest BCUT2D eigenvalue weighted by Crippen LogP contribution is 2.32. The molecule has 0 bridgehead atoms. The van der Waals surface area contributed by atoms with E-state index in [1.165, 1.54) is 25.3 Å². The summed E-state index contributed by atoms with van der Waals surface area (Å²) in [4.78, 5) is 23.8. The van der Waals surface area contributed by atoms with Gasteiger partial charge < -0.3 is 19.0 Å². The number of hydrogen-bond donors (Lipinski definition) is 1. The lowest BCUT2D eigenvalue weighted by molar-refractivity contribution is -0.144. The lowest BCUT2D eigenvalue weighted by atomic mass is 10.1. The molecule has 1 N–H and O–H groups in total. The topological polar surface area (TPSA) is 86.0 Å². The molecule has 0 aliphatic carbocycles. The van der Waals surface area contributed by atoms with Gasteiger partial charge in [-0.1, -0.05) is 23.7 Å². The molecule has 0 saturated heterocycles. The van der Waals surface area contributed by atoms with E-state index in [2.05, 4.69) is 0 Å². The zero-order valence-corrected chi connectivity index (χ0v) is 14.6. The van der Waals surface area contributed by atoms with Crippen LogP contribution in [0.15, 0.2) is 51.7 Å². The van der Waals surface area contributed by atoms with E-state index in [-0.39, 0.29) is 30.1 Å².